The Morgan fingerprint density at radius 1 is 1.16 bits per heavy atom. The number of benzene rings is 1. The number of para-hydroxylation sites is 1. The van der Waals surface area contributed by atoms with Crippen LogP contribution in [0.25, 0.3) is 0 Å². The summed E-state index contributed by atoms with van der Waals surface area (Å²) in [5.41, 5.74) is 3.61. The van der Waals surface area contributed by atoms with Gasteiger partial charge in [-0.2, -0.15) is 5.10 Å². The summed E-state index contributed by atoms with van der Waals surface area (Å²) < 4.78 is 1.66. The van der Waals surface area contributed by atoms with Gasteiger partial charge in [-0.25, -0.2) is 0 Å². The third-order valence-electron chi connectivity index (χ3n) is 4.88. The number of amides is 1. The van der Waals surface area contributed by atoms with E-state index in [4.69, 9.17) is 0 Å². The Balaban J connectivity index is 1.73. The average molecular weight is 340 g/mol. The third kappa shape index (κ3) is 4.48. The van der Waals surface area contributed by atoms with Gasteiger partial charge in [-0.15, -0.1) is 0 Å². The Bertz CT molecular complexity index is 714. The summed E-state index contributed by atoms with van der Waals surface area (Å²) in [7, 11) is 1.82. The fourth-order valence-corrected chi connectivity index (χ4v) is 3.41. The molecule has 1 aliphatic rings. The van der Waals surface area contributed by atoms with Crippen LogP contribution in [0.2, 0.25) is 0 Å². The Kier molecular flexibility index (Phi) is 5.87. The molecule has 134 valence electrons. The van der Waals surface area contributed by atoms with E-state index in [0.717, 1.165) is 37.4 Å². The summed E-state index contributed by atoms with van der Waals surface area (Å²) in [4.78, 5) is 15.2. The second-order valence-corrected chi connectivity index (χ2v) is 6.80. The Labute approximate surface area is 150 Å². The smallest absolute Gasteiger partial charge is 0.273 e. The molecule has 1 fully saturated rings. The number of nitrogens with one attached hydrogen (secondary N) is 1. The molecule has 0 bridgehead atoms. The van der Waals surface area contributed by atoms with Crippen LogP contribution in [-0.2, 0) is 20.0 Å². The normalized spacial score (nSPS) is 15.8. The van der Waals surface area contributed by atoms with E-state index in [1.54, 1.807) is 4.68 Å². The molecule has 1 saturated heterocycles. The van der Waals surface area contributed by atoms with Gasteiger partial charge in [0.2, 0.25) is 0 Å². The first-order valence-electron chi connectivity index (χ1n) is 9.32. The van der Waals surface area contributed by atoms with E-state index in [1.807, 2.05) is 38.2 Å². The van der Waals surface area contributed by atoms with Crippen molar-refractivity contribution in [2.45, 2.75) is 45.6 Å². The molecule has 0 aliphatic carbocycles. The lowest BCUT2D eigenvalue weighted by Crippen LogP contribution is -2.25. The molecule has 25 heavy (non-hydrogen) atoms. The number of rotatable bonds is 5. The first-order valence-corrected chi connectivity index (χ1v) is 9.32. The number of hydrogen-bond donors (Lipinski definition) is 1. The van der Waals surface area contributed by atoms with Gasteiger partial charge in [-0.1, -0.05) is 38.0 Å². The largest absolute Gasteiger partial charge is 0.320 e. The zero-order chi connectivity index (χ0) is 17.6. The zero-order valence-electron chi connectivity index (χ0n) is 15.3. The van der Waals surface area contributed by atoms with Gasteiger partial charge < -0.3 is 5.32 Å². The van der Waals surface area contributed by atoms with E-state index >= 15 is 0 Å². The third-order valence-corrected chi connectivity index (χ3v) is 4.88. The number of aromatic nitrogens is 2. The van der Waals surface area contributed by atoms with Crippen LogP contribution >= 0.6 is 0 Å². The number of carbonyl (C=O) groups is 1. The lowest BCUT2D eigenvalue weighted by Gasteiger charge is -2.21. The van der Waals surface area contributed by atoms with Crippen LogP contribution in [0, 0.1) is 0 Å². The van der Waals surface area contributed by atoms with E-state index in [2.05, 4.69) is 21.4 Å². The van der Waals surface area contributed by atoms with Crippen molar-refractivity contribution in [3.63, 3.8) is 0 Å². The van der Waals surface area contributed by atoms with Crippen LogP contribution in [0.1, 0.15) is 54.4 Å². The van der Waals surface area contributed by atoms with Crippen molar-refractivity contribution >= 4 is 11.6 Å². The summed E-state index contributed by atoms with van der Waals surface area (Å²) in [5, 5.41) is 7.45. The molecule has 3 rings (SSSR count). The molecule has 0 atom stereocenters. The molecule has 1 amide bonds. The predicted molar refractivity (Wildman–Crippen MR) is 101 cm³/mol. The van der Waals surface area contributed by atoms with Gasteiger partial charge in [0, 0.05) is 19.3 Å². The molecular weight excluding hydrogens is 312 g/mol. The van der Waals surface area contributed by atoms with E-state index in [0.29, 0.717) is 5.69 Å². The average Bonchev–Trinajstić information content (AvgIpc) is 2.81. The van der Waals surface area contributed by atoms with E-state index < -0.39 is 0 Å². The van der Waals surface area contributed by atoms with Crippen molar-refractivity contribution in [3.8, 4) is 0 Å². The lowest BCUT2D eigenvalue weighted by atomic mass is 10.1. The molecule has 1 aromatic heterocycles. The summed E-state index contributed by atoms with van der Waals surface area (Å²) in [6.45, 7) is 5.22. The number of aryl methyl sites for hydroxylation is 2. The van der Waals surface area contributed by atoms with Crippen LogP contribution in [0.15, 0.2) is 30.3 Å². The maximum atomic E-state index is 12.7. The summed E-state index contributed by atoms with van der Waals surface area (Å²) in [5.74, 6) is -0.0991. The van der Waals surface area contributed by atoms with E-state index in [-0.39, 0.29) is 5.91 Å². The SMILES string of the molecule is CCc1cc(C(=O)Nc2ccccc2CN2CCCCCC2)n(C)n1. The first-order chi connectivity index (χ1) is 12.2. The molecular formula is C20H28N4O. The highest BCUT2D eigenvalue weighted by Gasteiger charge is 2.16. The highest BCUT2D eigenvalue weighted by atomic mass is 16.2. The second-order valence-electron chi connectivity index (χ2n) is 6.80. The maximum absolute atomic E-state index is 12.7. The van der Waals surface area contributed by atoms with E-state index in [9.17, 15) is 4.79 Å². The fraction of sp³-hybridized carbons (Fsp3) is 0.500. The number of anilines is 1. The van der Waals surface area contributed by atoms with Crippen molar-refractivity contribution in [2.75, 3.05) is 18.4 Å². The highest BCUT2D eigenvalue weighted by Crippen LogP contribution is 2.20. The quantitative estimate of drug-likeness (QED) is 0.904. The van der Waals surface area contributed by atoms with Crippen molar-refractivity contribution in [3.05, 3.63) is 47.3 Å². The Morgan fingerprint density at radius 3 is 2.56 bits per heavy atom. The molecule has 0 radical (unpaired) electrons. The van der Waals surface area contributed by atoms with Gasteiger partial charge in [0.05, 0.1) is 5.69 Å². The van der Waals surface area contributed by atoms with E-state index in [1.165, 1.54) is 31.2 Å². The molecule has 0 spiro atoms. The van der Waals surface area contributed by atoms with Crippen LogP contribution in [0.3, 0.4) is 0 Å². The van der Waals surface area contributed by atoms with Gasteiger partial charge in [0.15, 0.2) is 0 Å². The van der Waals surface area contributed by atoms with Gasteiger partial charge in [0.1, 0.15) is 5.69 Å². The molecule has 1 N–H and O–H groups in total. The second kappa shape index (κ2) is 8.30. The van der Waals surface area contributed by atoms with Gasteiger partial charge in [-0.05, 0) is 50.0 Å². The zero-order valence-corrected chi connectivity index (χ0v) is 15.3. The van der Waals surface area contributed by atoms with Gasteiger partial charge >= 0.3 is 0 Å². The molecule has 0 saturated carbocycles. The number of nitrogens with zero attached hydrogens (tertiary/aromatic N) is 3. The monoisotopic (exact) mass is 340 g/mol. The highest BCUT2D eigenvalue weighted by molar-refractivity contribution is 6.03. The minimum Gasteiger partial charge on any atom is -0.320 e. The van der Waals surface area contributed by atoms with Crippen LogP contribution < -0.4 is 5.32 Å². The van der Waals surface area contributed by atoms with Crippen molar-refractivity contribution in [1.29, 1.82) is 0 Å². The molecule has 1 aliphatic heterocycles. The molecule has 5 heteroatoms. The lowest BCUT2D eigenvalue weighted by molar-refractivity contribution is 0.101. The minimum atomic E-state index is -0.0991. The predicted octanol–water partition coefficient (Wildman–Crippen LogP) is 3.61. The van der Waals surface area contributed by atoms with Crippen LogP contribution in [0.4, 0.5) is 5.69 Å². The van der Waals surface area contributed by atoms with Gasteiger partial charge in [0.25, 0.3) is 5.91 Å². The summed E-state index contributed by atoms with van der Waals surface area (Å²) in [6, 6.07) is 9.99. The minimum absolute atomic E-state index is 0.0991. The number of hydrogen-bond acceptors (Lipinski definition) is 3. The first kappa shape index (κ1) is 17.7. The van der Waals surface area contributed by atoms with Crippen LogP contribution in [-0.4, -0.2) is 33.7 Å². The van der Waals surface area contributed by atoms with Crippen LogP contribution in [0.5, 0.6) is 0 Å². The number of likely N-dealkylation sites (tertiary alicyclic amines) is 1. The summed E-state index contributed by atoms with van der Waals surface area (Å²) >= 11 is 0. The van der Waals surface area contributed by atoms with Crippen molar-refractivity contribution in [1.82, 2.24) is 14.7 Å². The number of carbonyl (C=O) groups excluding carboxylic acids is 1. The Hall–Kier alpha value is -2.14. The molecule has 5 nitrogen and oxygen atoms in total. The topological polar surface area (TPSA) is 50.2 Å². The van der Waals surface area contributed by atoms with Crippen molar-refractivity contribution in [2.24, 2.45) is 7.05 Å². The van der Waals surface area contributed by atoms with Crippen molar-refractivity contribution < 1.29 is 4.79 Å². The summed E-state index contributed by atoms with van der Waals surface area (Å²) in [6.07, 6.45) is 6.02. The molecule has 1 aromatic carbocycles. The molecule has 2 heterocycles. The molecule has 0 unspecified atom stereocenters. The maximum Gasteiger partial charge on any atom is 0.273 e. The molecule has 2 aromatic rings. The van der Waals surface area contributed by atoms with Gasteiger partial charge in [-0.3, -0.25) is 14.4 Å². The Morgan fingerprint density at radius 2 is 1.88 bits per heavy atom. The standard InChI is InChI=1S/C20H28N4O/c1-3-17-14-19(23(2)22-17)20(25)21-18-11-7-6-10-16(18)15-24-12-8-4-5-9-13-24/h6-7,10-11,14H,3-5,8-9,12-13,15H2,1-2H3,(H,21,25). The fourth-order valence-electron chi connectivity index (χ4n) is 3.41.